The maximum absolute atomic E-state index is 5.88. The topological polar surface area (TPSA) is 62.0 Å². The lowest BCUT2D eigenvalue weighted by molar-refractivity contribution is 0.0177. The zero-order valence-electron chi connectivity index (χ0n) is 16.1. The molecule has 1 aromatic carbocycles. The Morgan fingerprint density at radius 3 is 2.79 bits per heavy atom. The monoisotopic (exact) mass is 398 g/mol. The highest BCUT2D eigenvalue weighted by atomic mass is 32.1. The normalized spacial score (nSPS) is 17.0. The average Bonchev–Trinajstić information content (AvgIpc) is 3.41. The third-order valence-corrected chi connectivity index (χ3v) is 5.92. The van der Waals surface area contributed by atoms with Crippen LogP contribution >= 0.6 is 11.3 Å². The molecule has 0 bridgehead atoms. The lowest BCUT2D eigenvalue weighted by atomic mass is 10.2. The zero-order chi connectivity index (χ0) is 19.2. The molecule has 2 aromatic heterocycles. The van der Waals surface area contributed by atoms with Crippen LogP contribution in [0.5, 0.6) is 0 Å². The van der Waals surface area contributed by atoms with Gasteiger partial charge < -0.3 is 19.8 Å². The van der Waals surface area contributed by atoms with E-state index in [2.05, 4.69) is 50.2 Å². The molecule has 1 aliphatic heterocycles. The molecule has 1 aliphatic rings. The summed E-state index contributed by atoms with van der Waals surface area (Å²) in [6.07, 6.45) is 0. The van der Waals surface area contributed by atoms with Gasteiger partial charge in [-0.1, -0.05) is 24.3 Å². The molecule has 1 atom stereocenters. The van der Waals surface area contributed by atoms with Crippen molar-refractivity contribution in [1.29, 1.82) is 0 Å². The zero-order valence-corrected chi connectivity index (χ0v) is 16.9. The number of furan rings is 1. The van der Waals surface area contributed by atoms with Crippen LogP contribution in [0.25, 0.3) is 11.0 Å². The molecule has 3 aromatic rings. The summed E-state index contributed by atoms with van der Waals surface area (Å²) in [4.78, 5) is 8.21. The second-order valence-electron chi connectivity index (χ2n) is 6.74. The lowest BCUT2D eigenvalue weighted by Gasteiger charge is -2.34. The predicted molar refractivity (Wildman–Crippen MR) is 114 cm³/mol. The molecular weight excluding hydrogens is 372 g/mol. The van der Waals surface area contributed by atoms with Gasteiger partial charge in [0.1, 0.15) is 11.3 Å². The third-order valence-electron chi connectivity index (χ3n) is 4.95. The molecule has 7 heteroatoms. The molecule has 1 unspecified atom stereocenters. The second-order valence-corrected chi connectivity index (χ2v) is 7.72. The molecule has 2 N–H and O–H groups in total. The van der Waals surface area contributed by atoms with E-state index in [1.807, 2.05) is 18.2 Å². The van der Waals surface area contributed by atoms with E-state index in [0.29, 0.717) is 12.6 Å². The SMILES string of the molecule is CN=C(NCc1cc2ccccc2o1)NCC(c1cccs1)N1CCOCC1. The highest BCUT2D eigenvalue weighted by Crippen LogP contribution is 2.25. The van der Waals surface area contributed by atoms with Crippen LogP contribution in [0.15, 0.2) is 57.3 Å². The van der Waals surface area contributed by atoms with Crippen LogP contribution in [0.3, 0.4) is 0 Å². The number of guanidine groups is 1. The van der Waals surface area contributed by atoms with E-state index in [0.717, 1.165) is 55.5 Å². The maximum atomic E-state index is 5.88. The van der Waals surface area contributed by atoms with Gasteiger partial charge in [-0.05, 0) is 23.6 Å². The van der Waals surface area contributed by atoms with Crippen LogP contribution in [-0.4, -0.2) is 50.8 Å². The maximum Gasteiger partial charge on any atom is 0.191 e. The first-order valence-electron chi connectivity index (χ1n) is 9.60. The fourth-order valence-corrected chi connectivity index (χ4v) is 4.35. The summed E-state index contributed by atoms with van der Waals surface area (Å²) in [6.45, 7) is 4.88. The van der Waals surface area contributed by atoms with E-state index in [4.69, 9.17) is 9.15 Å². The first-order chi connectivity index (χ1) is 13.8. The number of hydrogen-bond acceptors (Lipinski definition) is 5. The van der Waals surface area contributed by atoms with Crippen LogP contribution in [0.2, 0.25) is 0 Å². The number of thiophene rings is 1. The first kappa shape index (κ1) is 19.0. The van der Waals surface area contributed by atoms with Crippen LogP contribution in [0.1, 0.15) is 16.7 Å². The van der Waals surface area contributed by atoms with Gasteiger partial charge in [-0.2, -0.15) is 0 Å². The van der Waals surface area contributed by atoms with E-state index < -0.39 is 0 Å². The fraction of sp³-hybridized carbons (Fsp3) is 0.381. The molecule has 0 radical (unpaired) electrons. The minimum atomic E-state index is 0.314. The Kier molecular flexibility index (Phi) is 6.26. The number of rotatable bonds is 6. The Morgan fingerprint density at radius 1 is 1.18 bits per heavy atom. The van der Waals surface area contributed by atoms with Gasteiger partial charge in [0.05, 0.1) is 25.8 Å². The molecular formula is C21H26N4O2S. The molecule has 0 saturated carbocycles. The van der Waals surface area contributed by atoms with Crippen LogP contribution in [0, 0.1) is 0 Å². The number of para-hydroxylation sites is 1. The summed E-state index contributed by atoms with van der Waals surface area (Å²) in [7, 11) is 1.79. The summed E-state index contributed by atoms with van der Waals surface area (Å²) in [5.41, 5.74) is 0.910. The van der Waals surface area contributed by atoms with Gasteiger partial charge in [0, 0.05) is 36.9 Å². The smallest absolute Gasteiger partial charge is 0.191 e. The van der Waals surface area contributed by atoms with Gasteiger partial charge in [0.2, 0.25) is 0 Å². The Bertz CT molecular complexity index is 867. The second kappa shape index (κ2) is 9.23. The molecule has 0 amide bonds. The molecule has 148 valence electrons. The minimum Gasteiger partial charge on any atom is -0.459 e. The number of fused-ring (bicyclic) bond motifs is 1. The summed E-state index contributed by atoms with van der Waals surface area (Å²) in [6, 6.07) is 14.8. The summed E-state index contributed by atoms with van der Waals surface area (Å²) in [5.74, 6) is 1.67. The van der Waals surface area contributed by atoms with Gasteiger partial charge in [-0.15, -0.1) is 11.3 Å². The van der Waals surface area contributed by atoms with E-state index in [1.54, 1.807) is 18.4 Å². The van der Waals surface area contributed by atoms with Crippen molar-refractivity contribution in [2.24, 2.45) is 4.99 Å². The molecule has 0 aliphatic carbocycles. The van der Waals surface area contributed by atoms with Crippen LogP contribution < -0.4 is 10.6 Å². The summed E-state index contributed by atoms with van der Waals surface area (Å²) in [5, 5.41) is 10.1. The lowest BCUT2D eigenvalue weighted by Crippen LogP contribution is -2.46. The molecule has 28 heavy (non-hydrogen) atoms. The van der Waals surface area contributed by atoms with Crippen molar-refractivity contribution in [2.75, 3.05) is 39.9 Å². The molecule has 0 spiro atoms. The number of nitrogens with zero attached hydrogens (tertiary/aromatic N) is 2. The van der Waals surface area contributed by atoms with Gasteiger partial charge in [0.25, 0.3) is 0 Å². The molecule has 6 nitrogen and oxygen atoms in total. The van der Waals surface area contributed by atoms with Crippen LogP contribution in [0.4, 0.5) is 0 Å². The van der Waals surface area contributed by atoms with Crippen molar-refractivity contribution in [3.8, 4) is 0 Å². The molecule has 1 fully saturated rings. The summed E-state index contributed by atoms with van der Waals surface area (Å²) >= 11 is 1.80. The summed E-state index contributed by atoms with van der Waals surface area (Å²) < 4.78 is 11.4. The van der Waals surface area contributed by atoms with Gasteiger partial charge in [0.15, 0.2) is 5.96 Å². The van der Waals surface area contributed by atoms with Gasteiger partial charge in [-0.3, -0.25) is 9.89 Å². The first-order valence-corrected chi connectivity index (χ1v) is 10.5. The Morgan fingerprint density at radius 2 is 2.04 bits per heavy atom. The Labute approximate surface area is 169 Å². The van der Waals surface area contributed by atoms with E-state index in [9.17, 15) is 0 Å². The largest absolute Gasteiger partial charge is 0.459 e. The van der Waals surface area contributed by atoms with E-state index >= 15 is 0 Å². The van der Waals surface area contributed by atoms with Gasteiger partial charge in [-0.25, -0.2) is 0 Å². The minimum absolute atomic E-state index is 0.314. The van der Waals surface area contributed by atoms with Crippen molar-refractivity contribution in [3.63, 3.8) is 0 Å². The highest BCUT2D eigenvalue weighted by molar-refractivity contribution is 7.10. The Balaban J connectivity index is 1.36. The van der Waals surface area contributed by atoms with E-state index in [-0.39, 0.29) is 0 Å². The van der Waals surface area contributed by atoms with Crippen molar-refractivity contribution in [2.45, 2.75) is 12.6 Å². The van der Waals surface area contributed by atoms with E-state index in [1.165, 1.54) is 4.88 Å². The molecule has 3 heterocycles. The quantitative estimate of drug-likeness (QED) is 0.493. The van der Waals surface area contributed by atoms with Crippen molar-refractivity contribution in [3.05, 3.63) is 58.5 Å². The fourth-order valence-electron chi connectivity index (χ4n) is 3.49. The van der Waals surface area contributed by atoms with Crippen molar-refractivity contribution >= 4 is 28.3 Å². The molecule has 4 rings (SSSR count). The van der Waals surface area contributed by atoms with Crippen LogP contribution in [-0.2, 0) is 11.3 Å². The standard InChI is InChI=1S/C21H26N4O2S/c1-22-21(23-14-17-13-16-5-2-3-6-19(16)27-17)24-15-18(20-7-4-12-28-20)25-8-10-26-11-9-25/h2-7,12-13,18H,8-11,14-15H2,1H3,(H2,22,23,24). The van der Waals surface area contributed by atoms with Crippen molar-refractivity contribution in [1.82, 2.24) is 15.5 Å². The number of benzene rings is 1. The predicted octanol–water partition coefficient (Wildman–Crippen LogP) is 3.23. The average molecular weight is 399 g/mol. The van der Waals surface area contributed by atoms with Crippen molar-refractivity contribution < 1.29 is 9.15 Å². The van der Waals surface area contributed by atoms with Gasteiger partial charge >= 0.3 is 0 Å². The number of ether oxygens (including phenoxy) is 1. The number of hydrogen-bond donors (Lipinski definition) is 2. The Hall–Kier alpha value is -2.35. The third kappa shape index (κ3) is 4.55. The molecule has 1 saturated heterocycles. The number of nitrogens with one attached hydrogen (secondary N) is 2. The number of aliphatic imine (C=N–C) groups is 1. The number of morpholine rings is 1. The highest BCUT2D eigenvalue weighted by Gasteiger charge is 2.23.